The Labute approximate surface area is 81.5 Å². The Bertz CT molecular complexity index is 479. The Hall–Kier alpha value is -1.90. The number of benzene rings is 1. The van der Waals surface area contributed by atoms with Gasteiger partial charge in [-0.05, 0) is 11.5 Å². The number of nitrogens with zero attached hydrogens (tertiary/aromatic N) is 1. The molecule has 0 fully saturated rings. The third kappa shape index (κ3) is 1.44. The van der Waals surface area contributed by atoms with Crippen molar-refractivity contribution in [3.63, 3.8) is 0 Å². The summed E-state index contributed by atoms with van der Waals surface area (Å²) in [5.41, 5.74) is 0. The average molecular weight is 188 g/mol. The van der Waals surface area contributed by atoms with Crippen molar-refractivity contribution in [2.45, 2.75) is 0 Å². The smallest absolute Gasteiger partial charge is 0.415 e. The van der Waals surface area contributed by atoms with Gasteiger partial charge in [0.25, 0.3) is 0 Å². The molecule has 0 amide bonds. The lowest BCUT2D eigenvalue weighted by atomic mass is 10.2. The first-order valence-corrected chi connectivity index (χ1v) is 4.29. The van der Waals surface area contributed by atoms with E-state index >= 15 is 0 Å². The molecule has 1 aromatic heterocycles. The minimum absolute atomic E-state index is 0.379. The van der Waals surface area contributed by atoms with E-state index < -0.39 is 0 Å². The number of carbonyl (C=O) groups is 1. The zero-order valence-electron chi connectivity index (χ0n) is 7.81. The van der Waals surface area contributed by atoms with Gasteiger partial charge in [-0.25, -0.2) is 0 Å². The fraction of sp³-hybridized carbons (Fsp3) is 0.0909. The van der Waals surface area contributed by atoms with E-state index in [-0.39, 0.29) is 6.09 Å². The molecule has 70 valence electrons. The molecule has 0 bridgehead atoms. The zero-order valence-corrected chi connectivity index (χ0v) is 7.81. The van der Waals surface area contributed by atoms with Crippen LogP contribution in [0, 0.1) is 0 Å². The monoisotopic (exact) mass is 188 g/mol. The Morgan fingerprint density at radius 2 is 1.93 bits per heavy atom. The minimum Gasteiger partial charge on any atom is -0.415 e. The number of aromatic nitrogens is 1. The van der Waals surface area contributed by atoms with Gasteiger partial charge in [-0.3, -0.25) is 0 Å². The fourth-order valence-corrected chi connectivity index (χ4v) is 1.35. The van der Waals surface area contributed by atoms with E-state index in [1.54, 1.807) is 12.4 Å². The molecule has 0 aliphatic carbocycles. The molecule has 1 heterocycles. The van der Waals surface area contributed by atoms with Crippen molar-refractivity contribution in [1.82, 2.24) is 0 Å². The van der Waals surface area contributed by atoms with Crippen LogP contribution >= 0.6 is 0 Å². The van der Waals surface area contributed by atoms with E-state index in [1.165, 1.54) is 11.7 Å². The predicted molar refractivity (Wildman–Crippen MR) is 51.9 cm³/mol. The van der Waals surface area contributed by atoms with Gasteiger partial charge in [-0.15, -0.1) is 0 Å². The number of hydrogen-bond donors (Lipinski definition) is 0. The third-order valence-corrected chi connectivity index (χ3v) is 2.07. The number of hydrogen-bond acceptors (Lipinski definition) is 2. The number of carbonyl (C=O) groups excluding carboxylic acids is 1. The predicted octanol–water partition coefficient (Wildman–Crippen LogP) is 1.74. The highest BCUT2D eigenvalue weighted by molar-refractivity contribution is 5.81. The summed E-state index contributed by atoms with van der Waals surface area (Å²) in [5, 5.41) is 2.12. The van der Waals surface area contributed by atoms with Crippen molar-refractivity contribution in [3.05, 3.63) is 42.7 Å². The van der Waals surface area contributed by atoms with Gasteiger partial charge in [-0.1, -0.05) is 22.8 Å². The number of fused-ring (bicyclic) bond motifs is 1. The molecule has 2 aromatic rings. The average Bonchev–Trinajstić information content (AvgIpc) is 2.27. The maximum Gasteiger partial charge on any atom is 0.601 e. The lowest BCUT2D eigenvalue weighted by Crippen LogP contribution is -2.41. The highest BCUT2D eigenvalue weighted by atomic mass is 16.5. The van der Waals surface area contributed by atoms with Crippen molar-refractivity contribution >= 4 is 16.9 Å². The normalized spacial score (nSPS) is 10.1. The molecule has 0 saturated carbocycles. The molecular formula is C11H10NO2+. The molecule has 0 aliphatic heterocycles. The Balaban J connectivity index is 2.56. The van der Waals surface area contributed by atoms with Crippen LogP contribution < -0.4 is 4.57 Å². The molecule has 1 aromatic carbocycles. The Morgan fingerprint density at radius 3 is 2.64 bits per heavy atom. The number of ether oxygens (including phenoxy) is 1. The second-order valence-electron chi connectivity index (χ2n) is 2.95. The van der Waals surface area contributed by atoms with Crippen LogP contribution in [0.5, 0.6) is 0 Å². The van der Waals surface area contributed by atoms with Crippen LogP contribution in [0.2, 0.25) is 0 Å². The van der Waals surface area contributed by atoms with E-state index in [0.29, 0.717) is 0 Å². The molecule has 0 spiro atoms. The molecule has 0 aliphatic rings. The highest BCUT2D eigenvalue weighted by Gasteiger charge is 2.13. The van der Waals surface area contributed by atoms with Crippen molar-refractivity contribution in [2.24, 2.45) is 0 Å². The third-order valence-electron chi connectivity index (χ3n) is 2.07. The molecule has 0 radical (unpaired) electrons. The molecule has 3 nitrogen and oxygen atoms in total. The van der Waals surface area contributed by atoms with E-state index in [2.05, 4.69) is 4.74 Å². The molecule has 0 atom stereocenters. The number of rotatable bonds is 0. The summed E-state index contributed by atoms with van der Waals surface area (Å²) < 4.78 is 6.03. The van der Waals surface area contributed by atoms with Gasteiger partial charge in [0.15, 0.2) is 12.4 Å². The molecule has 2 rings (SSSR count). The largest absolute Gasteiger partial charge is 0.601 e. The molecule has 3 heteroatoms. The van der Waals surface area contributed by atoms with Crippen LogP contribution in [0.25, 0.3) is 10.8 Å². The van der Waals surface area contributed by atoms with Crippen molar-refractivity contribution in [3.8, 4) is 0 Å². The van der Waals surface area contributed by atoms with Crippen LogP contribution in [-0.2, 0) is 4.74 Å². The molecule has 0 N–H and O–H groups in total. The molecule has 0 unspecified atom stereocenters. The summed E-state index contributed by atoms with van der Waals surface area (Å²) >= 11 is 0. The first kappa shape index (κ1) is 8.69. The summed E-state index contributed by atoms with van der Waals surface area (Å²) in [4.78, 5) is 11.2. The number of pyridine rings is 1. The van der Waals surface area contributed by atoms with Crippen LogP contribution in [0.4, 0.5) is 4.79 Å². The van der Waals surface area contributed by atoms with Gasteiger partial charge in [0, 0.05) is 11.5 Å². The van der Waals surface area contributed by atoms with Crippen molar-refractivity contribution < 1.29 is 14.1 Å². The zero-order chi connectivity index (χ0) is 9.97. The van der Waals surface area contributed by atoms with Crippen LogP contribution in [0.3, 0.4) is 0 Å². The van der Waals surface area contributed by atoms with E-state index in [9.17, 15) is 4.79 Å². The van der Waals surface area contributed by atoms with Gasteiger partial charge >= 0.3 is 6.09 Å². The van der Waals surface area contributed by atoms with Crippen LogP contribution in [0.1, 0.15) is 0 Å². The minimum atomic E-state index is -0.379. The van der Waals surface area contributed by atoms with Gasteiger partial charge in [0.05, 0.1) is 7.11 Å². The maximum absolute atomic E-state index is 11.2. The van der Waals surface area contributed by atoms with Gasteiger partial charge in [-0.2, -0.15) is 4.79 Å². The topological polar surface area (TPSA) is 30.2 Å². The summed E-state index contributed by atoms with van der Waals surface area (Å²) in [6.45, 7) is 0. The summed E-state index contributed by atoms with van der Waals surface area (Å²) in [7, 11) is 1.37. The lowest BCUT2D eigenvalue weighted by molar-refractivity contribution is -0.583. The highest BCUT2D eigenvalue weighted by Crippen LogP contribution is 2.09. The van der Waals surface area contributed by atoms with Crippen LogP contribution in [0.15, 0.2) is 42.7 Å². The van der Waals surface area contributed by atoms with Crippen molar-refractivity contribution in [2.75, 3.05) is 7.11 Å². The molecule has 0 saturated heterocycles. The lowest BCUT2D eigenvalue weighted by Gasteiger charge is -1.95. The maximum atomic E-state index is 11.2. The first-order valence-electron chi connectivity index (χ1n) is 4.29. The first-order chi connectivity index (χ1) is 6.81. The van der Waals surface area contributed by atoms with Crippen molar-refractivity contribution in [1.29, 1.82) is 0 Å². The number of methoxy groups -OCH3 is 1. The summed E-state index contributed by atoms with van der Waals surface area (Å²) in [6.07, 6.45) is 3.06. The summed E-state index contributed by atoms with van der Waals surface area (Å²) in [6, 6.07) is 9.73. The van der Waals surface area contributed by atoms with E-state index in [4.69, 9.17) is 0 Å². The van der Waals surface area contributed by atoms with Gasteiger partial charge in [0.2, 0.25) is 0 Å². The summed E-state index contributed by atoms with van der Waals surface area (Å²) in [5.74, 6) is 0. The standard InChI is InChI=1S/C11H10NO2/c1-14-11(13)12-7-6-9-4-2-3-5-10(9)8-12/h2-8H,1H3/q+1. The van der Waals surface area contributed by atoms with Crippen LogP contribution in [-0.4, -0.2) is 13.2 Å². The fourth-order valence-electron chi connectivity index (χ4n) is 1.35. The second-order valence-corrected chi connectivity index (χ2v) is 2.95. The Morgan fingerprint density at radius 1 is 1.21 bits per heavy atom. The van der Waals surface area contributed by atoms with E-state index in [1.807, 2.05) is 30.3 Å². The quantitative estimate of drug-likeness (QED) is 0.589. The van der Waals surface area contributed by atoms with E-state index in [0.717, 1.165) is 10.8 Å². The SMILES string of the molecule is COC(=O)[n+]1ccc2ccccc2c1. The molecule has 14 heavy (non-hydrogen) atoms. The van der Waals surface area contributed by atoms with Gasteiger partial charge in [0.1, 0.15) is 0 Å². The Kier molecular flexibility index (Phi) is 2.14. The molecular weight excluding hydrogens is 178 g/mol. The second kappa shape index (κ2) is 3.46. The van der Waals surface area contributed by atoms with Gasteiger partial charge < -0.3 is 4.74 Å².